The molecule has 1 atom stereocenters. The van der Waals surface area contributed by atoms with Crippen molar-refractivity contribution in [3.63, 3.8) is 0 Å². The Hall–Kier alpha value is -2.81. The standard InChI is InChI=1S/C14H12N4O2/c1-8-14(19)17-10-5-9(3-4-12(10)20-8)13-11(6-15)16-7-18(13)2/h3-5,7-8H,1-2H3,(H,17,19). The summed E-state index contributed by atoms with van der Waals surface area (Å²) in [4.78, 5) is 15.7. The number of hydrogen-bond donors (Lipinski definition) is 1. The summed E-state index contributed by atoms with van der Waals surface area (Å²) in [5, 5.41) is 11.9. The average Bonchev–Trinajstić information content (AvgIpc) is 2.81. The molecular weight excluding hydrogens is 256 g/mol. The number of rotatable bonds is 1. The summed E-state index contributed by atoms with van der Waals surface area (Å²) < 4.78 is 7.28. The molecule has 0 aliphatic carbocycles. The molecule has 1 amide bonds. The second-order valence-corrected chi connectivity index (χ2v) is 4.62. The number of fused-ring (bicyclic) bond motifs is 1. The summed E-state index contributed by atoms with van der Waals surface area (Å²) >= 11 is 0. The van der Waals surface area contributed by atoms with Crippen LogP contribution in [0.4, 0.5) is 5.69 Å². The van der Waals surface area contributed by atoms with Crippen molar-refractivity contribution in [3.8, 4) is 23.1 Å². The fourth-order valence-corrected chi connectivity index (χ4v) is 2.21. The number of carbonyl (C=O) groups is 1. The molecule has 20 heavy (non-hydrogen) atoms. The summed E-state index contributed by atoms with van der Waals surface area (Å²) in [6.45, 7) is 1.70. The van der Waals surface area contributed by atoms with Gasteiger partial charge < -0.3 is 14.6 Å². The van der Waals surface area contributed by atoms with E-state index in [1.54, 1.807) is 30.0 Å². The SMILES string of the molecule is CC1Oc2ccc(-c3c(C#N)ncn3C)cc2NC1=O. The summed E-state index contributed by atoms with van der Waals surface area (Å²) in [7, 11) is 1.82. The predicted octanol–water partition coefficient (Wildman–Crippen LogP) is 1.68. The van der Waals surface area contributed by atoms with Crippen molar-refractivity contribution in [1.29, 1.82) is 5.26 Å². The first-order valence-electron chi connectivity index (χ1n) is 6.13. The number of aryl methyl sites for hydroxylation is 1. The first-order valence-corrected chi connectivity index (χ1v) is 6.13. The number of imidazole rings is 1. The first kappa shape index (κ1) is 12.2. The van der Waals surface area contributed by atoms with Gasteiger partial charge in [0.05, 0.1) is 17.7 Å². The molecular formula is C14H12N4O2. The molecule has 1 N–H and O–H groups in total. The number of ether oxygens (including phenoxy) is 1. The summed E-state index contributed by atoms with van der Waals surface area (Å²) in [5.41, 5.74) is 2.47. The van der Waals surface area contributed by atoms with Gasteiger partial charge in [0.2, 0.25) is 0 Å². The molecule has 100 valence electrons. The molecule has 0 fully saturated rings. The van der Waals surface area contributed by atoms with Crippen LogP contribution in [0.1, 0.15) is 12.6 Å². The van der Waals surface area contributed by atoms with Gasteiger partial charge in [0.25, 0.3) is 5.91 Å². The molecule has 1 aliphatic heterocycles. The molecule has 1 aromatic carbocycles. The predicted molar refractivity (Wildman–Crippen MR) is 72.1 cm³/mol. The molecule has 0 saturated heterocycles. The van der Waals surface area contributed by atoms with Gasteiger partial charge in [0, 0.05) is 12.6 Å². The molecule has 3 rings (SSSR count). The summed E-state index contributed by atoms with van der Waals surface area (Å²) in [6.07, 6.45) is 1.09. The van der Waals surface area contributed by atoms with E-state index in [1.165, 1.54) is 0 Å². The zero-order valence-electron chi connectivity index (χ0n) is 11.0. The van der Waals surface area contributed by atoms with Gasteiger partial charge in [-0.2, -0.15) is 5.26 Å². The smallest absolute Gasteiger partial charge is 0.265 e. The van der Waals surface area contributed by atoms with Gasteiger partial charge in [-0.15, -0.1) is 0 Å². The molecule has 6 heteroatoms. The number of benzene rings is 1. The highest BCUT2D eigenvalue weighted by atomic mass is 16.5. The summed E-state index contributed by atoms with van der Waals surface area (Å²) in [5.74, 6) is 0.446. The number of nitrogens with one attached hydrogen (secondary N) is 1. The number of aromatic nitrogens is 2. The Morgan fingerprint density at radius 3 is 3.05 bits per heavy atom. The number of anilines is 1. The Morgan fingerprint density at radius 2 is 2.30 bits per heavy atom. The Kier molecular flexibility index (Phi) is 2.68. The van der Waals surface area contributed by atoms with E-state index >= 15 is 0 Å². The van der Waals surface area contributed by atoms with Crippen LogP contribution in [0.15, 0.2) is 24.5 Å². The van der Waals surface area contributed by atoms with Crippen LogP contribution in [0, 0.1) is 11.3 Å². The number of nitriles is 1. The lowest BCUT2D eigenvalue weighted by Crippen LogP contribution is -2.34. The van der Waals surface area contributed by atoms with Crippen molar-refractivity contribution in [2.24, 2.45) is 7.05 Å². The number of carbonyl (C=O) groups excluding carboxylic acids is 1. The van der Waals surface area contributed by atoms with E-state index in [1.807, 2.05) is 13.1 Å². The normalized spacial score (nSPS) is 16.9. The minimum absolute atomic E-state index is 0.180. The lowest BCUT2D eigenvalue weighted by Gasteiger charge is -2.23. The summed E-state index contributed by atoms with van der Waals surface area (Å²) in [6, 6.07) is 7.48. The molecule has 6 nitrogen and oxygen atoms in total. The van der Waals surface area contributed by atoms with E-state index in [-0.39, 0.29) is 5.91 Å². The Balaban J connectivity index is 2.10. The largest absolute Gasteiger partial charge is 0.479 e. The van der Waals surface area contributed by atoms with Crippen molar-refractivity contribution in [3.05, 3.63) is 30.2 Å². The number of amides is 1. The zero-order chi connectivity index (χ0) is 14.3. The Morgan fingerprint density at radius 1 is 1.50 bits per heavy atom. The highest BCUT2D eigenvalue weighted by Crippen LogP contribution is 2.34. The van der Waals surface area contributed by atoms with Crippen molar-refractivity contribution in [1.82, 2.24) is 9.55 Å². The van der Waals surface area contributed by atoms with Crippen molar-refractivity contribution < 1.29 is 9.53 Å². The second-order valence-electron chi connectivity index (χ2n) is 4.62. The van der Waals surface area contributed by atoms with Crippen LogP contribution in [-0.2, 0) is 11.8 Å². The third kappa shape index (κ3) is 1.80. The molecule has 0 bridgehead atoms. The third-order valence-corrected chi connectivity index (χ3v) is 3.23. The van der Waals surface area contributed by atoms with Crippen LogP contribution in [0.3, 0.4) is 0 Å². The van der Waals surface area contributed by atoms with Crippen molar-refractivity contribution in [2.45, 2.75) is 13.0 Å². The van der Waals surface area contributed by atoms with E-state index in [0.29, 0.717) is 22.8 Å². The fourth-order valence-electron chi connectivity index (χ4n) is 2.21. The highest BCUT2D eigenvalue weighted by Gasteiger charge is 2.24. The van der Waals surface area contributed by atoms with Gasteiger partial charge in [0.15, 0.2) is 11.8 Å². The fraction of sp³-hybridized carbons (Fsp3) is 0.214. The van der Waals surface area contributed by atoms with Crippen molar-refractivity contribution >= 4 is 11.6 Å². The van der Waals surface area contributed by atoms with E-state index in [0.717, 1.165) is 5.56 Å². The number of nitrogens with zero attached hydrogens (tertiary/aromatic N) is 3. The molecule has 0 spiro atoms. The molecule has 0 radical (unpaired) electrons. The maximum atomic E-state index is 11.6. The Bertz CT molecular complexity index is 742. The van der Waals surface area contributed by atoms with Crippen LogP contribution in [0.5, 0.6) is 5.75 Å². The second kappa shape index (κ2) is 4.38. The topological polar surface area (TPSA) is 79.9 Å². The average molecular weight is 268 g/mol. The van der Waals surface area contributed by atoms with E-state index in [4.69, 9.17) is 10.00 Å². The first-order chi connectivity index (χ1) is 9.60. The lowest BCUT2D eigenvalue weighted by atomic mass is 10.1. The number of hydrogen-bond acceptors (Lipinski definition) is 4. The zero-order valence-corrected chi connectivity index (χ0v) is 11.0. The maximum Gasteiger partial charge on any atom is 0.265 e. The van der Waals surface area contributed by atoms with Crippen molar-refractivity contribution in [2.75, 3.05) is 5.32 Å². The quantitative estimate of drug-likeness (QED) is 0.853. The minimum atomic E-state index is -0.500. The van der Waals surface area contributed by atoms with Gasteiger partial charge in [-0.25, -0.2) is 4.98 Å². The van der Waals surface area contributed by atoms with Gasteiger partial charge >= 0.3 is 0 Å². The lowest BCUT2D eigenvalue weighted by molar-refractivity contribution is -0.122. The monoisotopic (exact) mass is 268 g/mol. The minimum Gasteiger partial charge on any atom is -0.479 e. The maximum absolute atomic E-state index is 11.6. The van der Waals surface area contributed by atoms with Crippen LogP contribution < -0.4 is 10.1 Å². The molecule has 1 aliphatic rings. The molecule has 2 heterocycles. The van der Waals surface area contributed by atoms with Gasteiger partial charge in [0.1, 0.15) is 11.8 Å². The molecule has 1 unspecified atom stereocenters. The Labute approximate surface area is 115 Å². The van der Waals surface area contributed by atoms with Gasteiger partial charge in [-0.3, -0.25) is 4.79 Å². The van der Waals surface area contributed by atoms with Crippen LogP contribution in [0.2, 0.25) is 0 Å². The van der Waals surface area contributed by atoms with E-state index < -0.39 is 6.10 Å². The van der Waals surface area contributed by atoms with Crippen LogP contribution in [-0.4, -0.2) is 21.6 Å². The van der Waals surface area contributed by atoms with Crippen LogP contribution in [0.25, 0.3) is 11.3 Å². The van der Waals surface area contributed by atoms with Gasteiger partial charge in [-0.1, -0.05) is 0 Å². The molecule has 2 aromatic rings. The van der Waals surface area contributed by atoms with Gasteiger partial charge in [-0.05, 0) is 25.1 Å². The van der Waals surface area contributed by atoms with E-state index in [9.17, 15) is 4.79 Å². The van der Waals surface area contributed by atoms with Crippen LogP contribution >= 0.6 is 0 Å². The molecule has 0 saturated carbocycles. The molecule has 1 aromatic heterocycles. The third-order valence-electron chi connectivity index (χ3n) is 3.23. The van der Waals surface area contributed by atoms with E-state index in [2.05, 4.69) is 16.4 Å². The highest BCUT2D eigenvalue weighted by molar-refractivity contribution is 5.98.